The van der Waals surface area contributed by atoms with E-state index in [1.54, 1.807) is 45.4 Å². The molecule has 1 unspecified atom stereocenters. The summed E-state index contributed by atoms with van der Waals surface area (Å²) in [6.07, 6.45) is 0. The van der Waals surface area contributed by atoms with Crippen LogP contribution < -0.4 is 19.5 Å². The molecular weight excluding hydrogens is 382 g/mol. The number of fused-ring (bicyclic) bond motifs is 2. The van der Waals surface area contributed by atoms with Crippen molar-refractivity contribution in [3.05, 3.63) is 77.4 Å². The summed E-state index contributed by atoms with van der Waals surface area (Å²) >= 11 is 0. The van der Waals surface area contributed by atoms with Crippen molar-refractivity contribution in [2.24, 2.45) is 0 Å². The average Bonchev–Trinajstić information content (AvgIpc) is 2.95. The molecule has 0 aromatic heterocycles. The van der Waals surface area contributed by atoms with Crippen molar-refractivity contribution in [3.8, 4) is 23.0 Å². The highest BCUT2D eigenvalue weighted by Gasteiger charge is 2.28. The Bertz CT molecular complexity index is 1060. The van der Waals surface area contributed by atoms with Gasteiger partial charge in [-0.25, -0.2) is 4.79 Å². The summed E-state index contributed by atoms with van der Waals surface area (Å²) in [5.41, 5.74) is 3.04. The number of hydrogen-bond donors (Lipinski definition) is 1. The van der Waals surface area contributed by atoms with Crippen LogP contribution in [-0.2, 0) is 4.74 Å². The molecule has 0 saturated carbocycles. The van der Waals surface area contributed by atoms with Gasteiger partial charge in [0, 0.05) is 11.6 Å². The molecule has 30 heavy (non-hydrogen) atoms. The second-order valence-corrected chi connectivity index (χ2v) is 6.77. The SMILES string of the molecule is CCOC(=O)c1ccc2c(c1)NC(c1ccccc1)c1cc(OC)cc(OC)c1O2. The van der Waals surface area contributed by atoms with Crippen LogP contribution in [0.2, 0.25) is 0 Å². The molecule has 1 atom stereocenters. The first-order chi connectivity index (χ1) is 14.6. The predicted molar refractivity (Wildman–Crippen MR) is 114 cm³/mol. The molecule has 6 nitrogen and oxygen atoms in total. The third-order valence-electron chi connectivity index (χ3n) is 4.96. The fourth-order valence-electron chi connectivity index (χ4n) is 3.52. The van der Waals surface area contributed by atoms with Gasteiger partial charge < -0.3 is 24.3 Å². The molecule has 0 spiro atoms. The Morgan fingerprint density at radius 1 is 1.03 bits per heavy atom. The summed E-state index contributed by atoms with van der Waals surface area (Å²) < 4.78 is 22.5. The van der Waals surface area contributed by atoms with Crippen molar-refractivity contribution in [3.63, 3.8) is 0 Å². The quantitative estimate of drug-likeness (QED) is 0.590. The Balaban J connectivity index is 1.89. The zero-order chi connectivity index (χ0) is 21.1. The Morgan fingerprint density at radius 2 is 1.83 bits per heavy atom. The summed E-state index contributed by atoms with van der Waals surface area (Å²) in [4.78, 5) is 12.2. The molecule has 3 aromatic rings. The Morgan fingerprint density at radius 3 is 2.53 bits per heavy atom. The van der Waals surface area contributed by atoms with Crippen LogP contribution in [0.1, 0.15) is 34.5 Å². The maximum Gasteiger partial charge on any atom is 0.338 e. The van der Waals surface area contributed by atoms with Crippen LogP contribution in [0, 0.1) is 0 Å². The number of methoxy groups -OCH3 is 2. The van der Waals surface area contributed by atoms with Crippen LogP contribution in [-0.4, -0.2) is 26.8 Å². The van der Waals surface area contributed by atoms with E-state index in [1.807, 2.05) is 36.4 Å². The van der Waals surface area contributed by atoms with Gasteiger partial charge in [0.25, 0.3) is 0 Å². The number of rotatable bonds is 5. The summed E-state index contributed by atoms with van der Waals surface area (Å²) in [5, 5.41) is 3.53. The fraction of sp³-hybridized carbons (Fsp3) is 0.208. The van der Waals surface area contributed by atoms with E-state index in [-0.39, 0.29) is 12.0 Å². The highest BCUT2D eigenvalue weighted by Crippen LogP contribution is 2.48. The molecule has 0 amide bonds. The summed E-state index contributed by atoms with van der Waals surface area (Å²) in [7, 11) is 3.21. The van der Waals surface area contributed by atoms with E-state index in [1.165, 1.54) is 0 Å². The van der Waals surface area contributed by atoms with Crippen molar-refractivity contribution in [1.29, 1.82) is 0 Å². The lowest BCUT2D eigenvalue weighted by molar-refractivity contribution is 0.0526. The molecule has 1 aliphatic rings. The van der Waals surface area contributed by atoms with Crippen LogP contribution in [0.5, 0.6) is 23.0 Å². The monoisotopic (exact) mass is 405 g/mol. The van der Waals surface area contributed by atoms with Crippen molar-refractivity contribution in [2.45, 2.75) is 13.0 Å². The van der Waals surface area contributed by atoms with Gasteiger partial charge in [0.15, 0.2) is 17.2 Å². The zero-order valence-electron chi connectivity index (χ0n) is 17.1. The summed E-state index contributed by atoms with van der Waals surface area (Å²) in [6.45, 7) is 2.10. The van der Waals surface area contributed by atoms with E-state index in [0.29, 0.717) is 40.9 Å². The maximum absolute atomic E-state index is 12.2. The van der Waals surface area contributed by atoms with E-state index >= 15 is 0 Å². The molecule has 1 heterocycles. The van der Waals surface area contributed by atoms with Crippen LogP contribution in [0.4, 0.5) is 5.69 Å². The van der Waals surface area contributed by atoms with Gasteiger partial charge in [0.1, 0.15) is 5.75 Å². The van der Waals surface area contributed by atoms with E-state index in [2.05, 4.69) is 5.32 Å². The normalized spacial score (nSPS) is 14.3. The van der Waals surface area contributed by atoms with Gasteiger partial charge in [-0.2, -0.15) is 0 Å². The summed E-state index contributed by atoms with van der Waals surface area (Å²) in [5.74, 6) is 2.04. The minimum atomic E-state index is -0.376. The second-order valence-electron chi connectivity index (χ2n) is 6.77. The van der Waals surface area contributed by atoms with Gasteiger partial charge in [-0.05, 0) is 36.8 Å². The Kier molecular flexibility index (Phi) is 5.48. The molecule has 6 heteroatoms. The maximum atomic E-state index is 12.2. The molecule has 0 aliphatic carbocycles. The van der Waals surface area contributed by atoms with Crippen LogP contribution in [0.3, 0.4) is 0 Å². The largest absolute Gasteiger partial charge is 0.497 e. The topological polar surface area (TPSA) is 66.0 Å². The van der Waals surface area contributed by atoms with Crippen LogP contribution >= 0.6 is 0 Å². The number of benzene rings is 3. The predicted octanol–water partition coefficient (Wildman–Crippen LogP) is 5.19. The highest BCUT2D eigenvalue weighted by molar-refractivity contribution is 5.91. The number of carbonyl (C=O) groups excluding carboxylic acids is 1. The van der Waals surface area contributed by atoms with E-state index in [0.717, 1.165) is 11.1 Å². The van der Waals surface area contributed by atoms with Gasteiger partial charge in [0.2, 0.25) is 0 Å². The van der Waals surface area contributed by atoms with Crippen molar-refractivity contribution < 1.29 is 23.7 Å². The number of nitrogens with one attached hydrogen (secondary N) is 1. The second kappa shape index (κ2) is 8.37. The van der Waals surface area contributed by atoms with E-state index in [4.69, 9.17) is 18.9 Å². The van der Waals surface area contributed by atoms with Gasteiger partial charge >= 0.3 is 5.97 Å². The molecule has 1 N–H and O–H groups in total. The molecular formula is C24H23NO5. The molecule has 0 bridgehead atoms. The number of hydrogen-bond acceptors (Lipinski definition) is 6. The number of ether oxygens (including phenoxy) is 4. The minimum Gasteiger partial charge on any atom is -0.497 e. The number of carbonyl (C=O) groups is 1. The number of anilines is 1. The Hall–Kier alpha value is -3.67. The molecule has 0 radical (unpaired) electrons. The third-order valence-corrected chi connectivity index (χ3v) is 4.96. The van der Waals surface area contributed by atoms with Crippen molar-refractivity contribution in [1.82, 2.24) is 0 Å². The first-order valence-electron chi connectivity index (χ1n) is 9.71. The first kappa shape index (κ1) is 19.6. The van der Waals surface area contributed by atoms with Crippen molar-refractivity contribution in [2.75, 3.05) is 26.1 Å². The standard InChI is InChI=1S/C24H23NO5/c1-4-29-24(26)16-10-11-20-19(12-16)25-22(15-8-6-5-7-9-15)18-13-17(27-2)14-21(28-3)23(18)30-20/h5-14,22,25H,4H2,1-3H3. The molecule has 3 aromatic carbocycles. The molecule has 4 rings (SSSR count). The van der Waals surface area contributed by atoms with E-state index < -0.39 is 0 Å². The van der Waals surface area contributed by atoms with Crippen LogP contribution in [0.25, 0.3) is 0 Å². The summed E-state index contributed by atoms with van der Waals surface area (Å²) in [6, 6.07) is 18.7. The molecule has 0 fully saturated rings. The lowest BCUT2D eigenvalue weighted by Gasteiger charge is -2.21. The van der Waals surface area contributed by atoms with E-state index in [9.17, 15) is 4.79 Å². The van der Waals surface area contributed by atoms with Gasteiger partial charge in [-0.3, -0.25) is 0 Å². The number of esters is 1. The first-order valence-corrected chi connectivity index (χ1v) is 9.71. The van der Waals surface area contributed by atoms with Crippen molar-refractivity contribution >= 4 is 11.7 Å². The average molecular weight is 405 g/mol. The molecule has 0 saturated heterocycles. The van der Waals surface area contributed by atoms with Gasteiger partial charge in [-0.15, -0.1) is 0 Å². The van der Waals surface area contributed by atoms with Crippen LogP contribution in [0.15, 0.2) is 60.7 Å². The lowest BCUT2D eigenvalue weighted by Crippen LogP contribution is -2.12. The zero-order valence-corrected chi connectivity index (χ0v) is 17.1. The van der Waals surface area contributed by atoms with Gasteiger partial charge in [0.05, 0.1) is 38.1 Å². The molecule has 1 aliphatic heterocycles. The highest BCUT2D eigenvalue weighted by atomic mass is 16.5. The fourth-order valence-corrected chi connectivity index (χ4v) is 3.52. The third kappa shape index (κ3) is 3.64. The van der Waals surface area contributed by atoms with Gasteiger partial charge in [-0.1, -0.05) is 30.3 Å². The smallest absolute Gasteiger partial charge is 0.338 e. The Labute approximate surface area is 175 Å². The lowest BCUT2D eigenvalue weighted by atomic mass is 9.97. The molecule has 154 valence electrons. The minimum absolute atomic E-state index is 0.246.